The maximum atomic E-state index is 11.0. The molecule has 0 unspecified atom stereocenters. The summed E-state index contributed by atoms with van der Waals surface area (Å²) in [5.74, 6) is 0.420. The van der Waals surface area contributed by atoms with Crippen LogP contribution in [-0.4, -0.2) is 15.8 Å². The van der Waals surface area contributed by atoms with Gasteiger partial charge >= 0.3 is 0 Å². The fourth-order valence-electron chi connectivity index (χ4n) is 1.83. The highest BCUT2D eigenvalue weighted by Crippen LogP contribution is 2.28. The third-order valence-corrected chi connectivity index (χ3v) is 3.05. The zero-order valence-electron chi connectivity index (χ0n) is 10.7. The van der Waals surface area contributed by atoms with Gasteiger partial charge in [-0.15, -0.1) is 0 Å². The Morgan fingerprint density at radius 2 is 2.32 bits per heavy atom. The molecule has 5 heteroatoms. The maximum absolute atomic E-state index is 11.0. The Morgan fingerprint density at radius 1 is 1.47 bits per heavy atom. The molecule has 0 atom stereocenters. The van der Waals surface area contributed by atoms with Crippen molar-refractivity contribution in [2.24, 2.45) is 0 Å². The van der Waals surface area contributed by atoms with Gasteiger partial charge in [-0.05, 0) is 18.6 Å². The highest BCUT2D eigenvalue weighted by atomic mass is 35.5. The number of ether oxygens (including phenoxy) is 1. The Hall–Kier alpha value is -1.81. The summed E-state index contributed by atoms with van der Waals surface area (Å²) in [5.41, 5.74) is 1.41. The summed E-state index contributed by atoms with van der Waals surface area (Å²) in [6.45, 7) is 3.33. The van der Waals surface area contributed by atoms with Crippen molar-refractivity contribution in [2.45, 2.75) is 26.5 Å². The summed E-state index contributed by atoms with van der Waals surface area (Å²) in [7, 11) is 0. The average molecular weight is 279 g/mol. The summed E-state index contributed by atoms with van der Waals surface area (Å²) < 4.78 is 7.69. The van der Waals surface area contributed by atoms with Gasteiger partial charge in [0.05, 0.1) is 28.8 Å². The van der Waals surface area contributed by atoms with Crippen molar-refractivity contribution in [1.29, 1.82) is 0 Å². The van der Waals surface area contributed by atoms with Crippen LogP contribution in [0.2, 0.25) is 5.02 Å². The molecule has 2 aromatic rings. The largest absolute Gasteiger partial charge is 0.485 e. The van der Waals surface area contributed by atoms with Crippen molar-refractivity contribution in [3.8, 4) is 5.75 Å². The predicted molar refractivity (Wildman–Crippen MR) is 73.7 cm³/mol. The van der Waals surface area contributed by atoms with Crippen LogP contribution in [0.3, 0.4) is 0 Å². The molecule has 0 spiro atoms. The number of halogens is 1. The number of hydrogen-bond donors (Lipinski definition) is 0. The number of carbonyl (C=O) groups is 1. The van der Waals surface area contributed by atoms with Gasteiger partial charge in [0.1, 0.15) is 12.4 Å². The number of imidazole rings is 1. The van der Waals surface area contributed by atoms with E-state index in [0.717, 1.165) is 24.9 Å². The number of nitrogens with zero attached hydrogens (tertiary/aromatic N) is 2. The number of hydrogen-bond acceptors (Lipinski definition) is 3. The highest BCUT2D eigenvalue weighted by molar-refractivity contribution is 6.32. The second-order valence-electron chi connectivity index (χ2n) is 4.14. The number of aryl methyl sites for hydroxylation is 1. The van der Waals surface area contributed by atoms with Crippen LogP contribution in [0.15, 0.2) is 30.7 Å². The van der Waals surface area contributed by atoms with E-state index in [-0.39, 0.29) is 0 Å². The van der Waals surface area contributed by atoms with Crippen LogP contribution in [0, 0.1) is 0 Å². The molecule has 0 aliphatic carbocycles. The van der Waals surface area contributed by atoms with E-state index in [1.165, 1.54) is 0 Å². The topological polar surface area (TPSA) is 44.1 Å². The van der Waals surface area contributed by atoms with Gasteiger partial charge in [0.15, 0.2) is 6.29 Å². The van der Waals surface area contributed by atoms with Crippen LogP contribution in [0.4, 0.5) is 0 Å². The number of aldehydes is 1. The Balaban J connectivity index is 2.14. The predicted octanol–water partition coefficient (Wildman–Crippen LogP) is 3.34. The van der Waals surface area contributed by atoms with Crippen molar-refractivity contribution in [1.82, 2.24) is 9.55 Å². The molecule has 19 heavy (non-hydrogen) atoms. The van der Waals surface area contributed by atoms with Gasteiger partial charge in [0, 0.05) is 6.54 Å². The zero-order valence-corrected chi connectivity index (χ0v) is 11.4. The SMILES string of the molecule is CCCn1cncc1COc1c(Cl)cccc1C=O. The van der Waals surface area contributed by atoms with Crippen LogP contribution >= 0.6 is 11.6 Å². The van der Waals surface area contributed by atoms with Crippen LogP contribution in [0.1, 0.15) is 29.4 Å². The van der Waals surface area contributed by atoms with E-state index >= 15 is 0 Å². The molecule has 0 N–H and O–H groups in total. The second kappa shape index (κ2) is 6.38. The van der Waals surface area contributed by atoms with Gasteiger partial charge in [-0.1, -0.05) is 24.6 Å². The zero-order chi connectivity index (χ0) is 13.7. The average Bonchev–Trinajstić information content (AvgIpc) is 2.85. The van der Waals surface area contributed by atoms with Crippen molar-refractivity contribution in [2.75, 3.05) is 0 Å². The van der Waals surface area contributed by atoms with Crippen LogP contribution in [0.5, 0.6) is 5.75 Å². The van der Waals surface area contributed by atoms with E-state index in [2.05, 4.69) is 11.9 Å². The summed E-state index contributed by atoms with van der Waals surface area (Å²) in [5, 5.41) is 0.436. The van der Waals surface area contributed by atoms with Crippen LogP contribution < -0.4 is 4.74 Å². The van der Waals surface area contributed by atoms with E-state index in [4.69, 9.17) is 16.3 Å². The van der Waals surface area contributed by atoms with Crippen molar-refractivity contribution >= 4 is 17.9 Å². The molecule has 1 heterocycles. The summed E-state index contributed by atoms with van der Waals surface area (Å²) in [4.78, 5) is 15.1. The van der Waals surface area contributed by atoms with E-state index < -0.39 is 0 Å². The lowest BCUT2D eigenvalue weighted by atomic mass is 10.2. The summed E-state index contributed by atoms with van der Waals surface area (Å²) in [6.07, 6.45) is 5.29. The fourth-order valence-corrected chi connectivity index (χ4v) is 2.06. The molecular weight excluding hydrogens is 264 g/mol. The minimum Gasteiger partial charge on any atom is -0.485 e. The van der Waals surface area contributed by atoms with Gasteiger partial charge < -0.3 is 9.30 Å². The smallest absolute Gasteiger partial charge is 0.153 e. The van der Waals surface area contributed by atoms with E-state index in [1.807, 2.05) is 4.57 Å². The Labute approximate surface area is 117 Å². The molecule has 0 saturated carbocycles. The normalized spacial score (nSPS) is 10.4. The second-order valence-corrected chi connectivity index (χ2v) is 4.55. The van der Waals surface area contributed by atoms with E-state index in [1.54, 1.807) is 30.7 Å². The first kappa shape index (κ1) is 13.6. The lowest BCUT2D eigenvalue weighted by molar-refractivity contribution is 0.111. The number of benzene rings is 1. The molecule has 0 aliphatic rings. The molecule has 100 valence electrons. The van der Waals surface area contributed by atoms with Gasteiger partial charge in [-0.2, -0.15) is 0 Å². The van der Waals surface area contributed by atoms with Crippen LogP contribution in [0.25, 0.3) is 0 Å². The molecule has 1 aromatic heterocycles. The number of aromatic nitrogens is 2. The first-order chi connectivity index (χ1) is 9.26. The minimum absolute atomic E-state index is 0.338. The number of carbonyl (C=O) groups excluding carboxylic acids is 1. The Bertz CT molecular complexity index is 566. The Morgan fingerprint density at radius 3 is 3.05 bits per heavy atom. The molecule has 0 fully saturated rings. The molecule has 4 nitrogen and oxygen atoms in total. The molecule has 0 saturated heterocycles. The van der Waals surface area contributed by atoms with Gasteiger partial charge in [-0.25, -0.2) is 4.98 Å². The molecule has 2 rings (SSSR count). The third kappa shape index (κ3) is 3.15. The van der Waals surface area contributed by atoms with E-state index in [9.17, 15) is 4.79 Å². The summed E-state index contributed by atoms with van der Waals surface area (Å²) >= 11 is 6.04. The third-order valence-electron chi connectivity index (χ3n) is 2.75. The van der Waals surface area contributed by atoms with Gasteiger partial charge in [0.2, 0.25) is 0 Å². The van der Waals surface area contributed by atoms with Gasteiger partial charge in [-0.3, -0.25) is 4.79 Å². The fraction of sp³-hybridized carbons (Fsp3) is 0.286. The quantitative estimate of drug-likeness (QED) is 0.761. The summed E-state index contributed by atoms with van der Waals surface area (Å²) in [6, 6.07) is 5.10. The lowest BCUT2D eigenvalue weighted by Crippen LogP contribution is -2.06. The van der Waals surface area contributed by atoms with Crippen molar-refractivity contribution in [3.05, 3.63) is 47.0 Å². The first-order valence-electron chi connectivity index (χ1n) is 6.11. The van der Waals surface area contributed by atoms with Crippen LogP contribution in [-0.2, 0) is 13.2 Å². The molecule has 0 bridgehead atoms. The van der Waals surface area contributed by atoms with Gasteiger partial charge in [0.25, 0.3) is 0 Å². The molecule has 1 aromatic carbocycles. The molecule has 0 aliphatic heterocycles. The molecule has 0 radical (unpaired) electrons. The maximum Gasteiger partial charge on any atom is 0.153 e. The number of rotatable bonds is 6. The molecule has 0 amide bonds. The standard InChI is InChI=1S/C14H15ClN2O2/c1-2-6-17-10-16-7-12(17)9-19-14-11(8-18)4-3-5-13(14)15/h3-5,7-8,10H,2,6,9H2,1H3. The number of para-hydroxylation sites is 1. The highest BCUT2D eigenvalue weighted by Gasteiger charge is 2.09. The monoisotopic (exact) mass is 278 g/mol. The lowest BCUT2D eigenvalue weighted by Gasteiger charge is -2.11. The van der Waals surface area contributed by atoms with E-state index in [0.29, 0.717) is 22.9 Å². The minimum atomic E-state index is 0.338. The Kier molecular flexibility index (Phi) is 4.58. The van der Waals surface area contributed by atoms with Crippen molar-refractivity contribution < 1.29 is 9.53 Å². The molecular formula is C14H15ClN2O2. The first-order valence-corrected chi connectivity index (χ1v) is 6.49. The van der Waals surface area contributed by atoms with Crippen molar-refractivity contribution in [3.63, 3.8) is 0 Å².